The van der Waals surface area contributed by atoms with E-state index in [1.54, 1.807) is 6.92 Å². The molecule has 3 rings (SSSR count). The van der Waals surface area contributed by atoms with Crippen molar-refractivity contribution in [2.75, 3.05) is 15.6 Å². The molecule has 0 radical (unpaired) electrons. The van der Waals surface area contributed by atoms with Crippen molar-refractivity contribution in [2.24, 2.45) is 0 Å². The van der Waals surface area contributed by atoms with Gasteiger partial charge < -0.3 is 0 Å². The summed E-state index contributed by atoms with van der Waals surface area (Å²) in [6.07, 6.45) is 0. The van der Waals surface area contributed by atoms with E-state index in [4.69, 9.17) is 0 Å². The monoisotopic (exact) mass is 419 g/mol. The molecule has 0 saturated heterocycles. The number of fused-ring (bicyclic) bond motifs is 2. The first-order chi connectivity index (χ1) is 10.7. The Hall–Kier alpha value is -1.39. The highest BCUT2D eigenvalue weighted by Crippen LogP contribution is 2.44. The van der Waals surface area contributed by atoms with Crippen molar-refractivity contribution < 1.29 is 4.79 Å². The highest BCUT2D eigenvalue weighted by molar-refractivity contribution is 9.09. The maximum atomic E-state index is 12.4. The number of anilines is 2. The smallest absolute Gasteiger partial charge is 0.228 e. The standard InChI is InChI=1S/C18H15Br2NO/c1-12(22)21-17-8-4-2-6-13(17)15(10-19)16(11-20)14-7-3-5-9-18(14)21/h2-9H,10-11H2,1H3. The van der Waals surface area contributed by atoms with Gasteiger partial charge >= 0.3 is 0 Å². The number of carbonyl (C=O) groups excluding carboxylic acids is 1. The Labute approximate surface area is 147 Å². The maximum Gasteiger partial charge on any atom is 0.228 e. The van der Waals surface area contributed by atoms with E-state index in [1.165, 1.54) is 11.1 Å². The zero-order chi connectivity index (χ0) is 15.7. The van der Waals surface area contributed by atoms with Crippen LogP contribution >= 0.6 is 31.9 Å². The second-order valence-corrected chi connectivity index (χ2v) is 6.23. The van der Waals surface area contributed by atoms with Gasteiger partial charge in [0.25, 0.3) is 0 Å². The predicted octanol–water partition coefficient (Wildman–Crippen LogP) is 5.39. The highest BCUT2D eigenvalue weighted by atomic mass is 79.9. The molecule has 1 aliphatic heterocycles. The molecule has 4 heteroatoms. The number of carbonyl (C=O) groups is 1. The Balaban J connectivity index is 2.44. The second kappa shape index (κ2) is 6.39. The van der Waals surface area contributed by atoms with Gasteiger partial charge in [0.2, 0.25) is 5.91 Å². The van der Waals surface area contributed by atoms with Crippen molar-refractivity contribution in [2.45, 2.75) is 6.92 Å². The van der Waals surface area contributed by atoms with Gasteiger partial charge in [-0.25, -0.2) is 0 Å². The zero-order valence-electron chi connectivity index (χ0n) is 12.1. The van der Waals surface area contributed by atoms with Crippen LogP contribution in [0.25, 0.3) is 11.1 Å². The Morgan fingerprint density at radius 2 is 1.27 bits per heavy atom. The van der Waals surface area contributed by atoms with Gasteiger partial charge in [-0.1, -0.05) is 68.3 Å². The number of hydrogen-bond donors (Lipinski definition) is 0. The molecule has 22 heavy (non-hydrogen) atoms. The van der Waals surface area contributed by atoms with E-state index >= 15 is 0 Å². The molecule has 1 aliphatic rings. The molecule has 0 bridgehead atoms. The van der Waals surface area contributed by atoms with Crippen LogP contribution in [0, 0.1) is 0 Å². The zero-order valence-corrected chi connectivity index (χ0v) is 15.3. The van der Waals surface area contributed by atoms with Crippen LogP contribution in [0.1, 0.15) is 18.1 Å². The number of hydrogen-bond acceptors (Lipinski definition) is 1. The highest BCUT2D eigenvalue weighted by Gasteiger charge is 2.27. The van der Waals surface area contributed by atoms with E-state index in [1.807, 2.05) is 41.3 Å². The number of halogens is 2. The van der Waals surface area contributed by atoms with E-state index in [0.717, 1.165) is 33.2 Å². The van der Waals surface area contributed by atoms with Gasteiger partial charge in [-0.05, 0) is 23.3 Å². The minimum Gasteiger partial charge on any atom is -0.280 e. The van der Waals surface area contributed by atoms with Crippen LogP contribution < -0.4 is 4.90 Å². The summed E-state index contributed by atoms with van der Waals surface area (Å²) in [5, 5.41) is 1.48. The second-order valence-electron chi connectivity index (χ2n) is 5.11. The summed E-state index contributed by atoms with van der Waals surface area (Å²) >= 11 is 7.25. The number of para-hydroxylation sites is 2. The third-order valence-corrected chi connectivity index (χ3v) is 5.01. The topological polar surface area (TPSA) is 20.3 Å². The normalized spacial score (nSPS) is 13.5. The number of nitrogens with zero attached hydrogens (tertiary/aromatic N) is 1. The summed E-state index contributed by atoms with van der Waals surface area (Å²) in [4.78, 5) is 14.2. The third-order valence-electron chi connectivity index (χ3n) is 3.89. The predicted molar refractivity (Wildman–Crippen MR) is 100 cm³/mol. The molecule has 0 unspecified atom stereocenters. The molecule has 0 spiro atoms. The van der Waals surface area contributed by atoms with E-state index in [9.17, 15) is 4.79 Å². The lowest BCUT2D eigenvalue weighted by Crippen LogP contribution is -2.23. The van der Waals surface area contributed by atoms with Crippen molar-refractivity contribution in [1.82, 2.24) is 0 Å². The number of benzene rings is 2. The fourth-order valence-corrected chi connectivity index (χ4v) is 4.23. The molecular formula is C18H15Br2NO. The maximum absolute atomic E-state index is 12.4. The molecule has 1 heterocycles. The molecular weight excluding hydrogens is 406 g/mol. The lowest BCUT2D eigenvalue weighted by atomic mass is 9.97. The van der Waals surface area contributed by atoms with Gasteiger partial charge in [0.15, 0.2) is 0 Å². The Morgan fingerprint density at radius 3 is 1.64 bits per heavy atom. The van der Waals surface area contributed by atoms with Crippen LogP contribution in [-0.4, -0.2) is 16.6 Å². The molecule has 0 aliphatic carbocycles. The molecule has 1 amide bonds. The Bertz CT molecular complexity index is 710. The number of allylic oxidation sites excluding steroid dienone is 2. The fourth-order valence-electron chi connectivity index (χ4n) is 2.95. The van der Waals surface area contributed by atoms with Crippen LogP contribution in [0.3, 0.4) is 0 Å². The van der Waals surface area contributed by atoms with Crippen molar-refractivity contribution in [3.63, 3.8) is 0 Å². The van der Waals surface area contributed by atoms with Crippen LogP contribution in [0.2, 0.25) is 0 Å². The minimum atomic E-state index is 0.0182. The van der Waals surface area contributed by atoms with Crippen molar-refractivity contribution in [3.05, 3.63) is 59.7 Å². The van der Waals surface area contributed by atoms with E-state index in [2.05, 4.69) is 44.0 Å². The van der Waals surface area contributed by atoms with Crippen LogP contribution in [-0.2, 0) is 4.79 Å². The molecule has 2 nitrogen and oxygen atoms in total. The van der Waals surface area contributed by atoms with Crippen molar-refractivity contribution in [1.29, 1.82) is 0 Å². The van der Waals surface area contributed by atoms with Crippen LogP contribution in [0.15, 0.2) is 48.5 Å². The molecule has 2 aromatic rings. The van der Waals surface area contributed by atoms with E-state index in [-0.39, 0.29) is 5.91 Å². The molecule has 2 aromatic carbocycles. The van der Waals surface area contributed by atoms with Gasteiger partial charge in [0.1, 0.15) is 0 Å². The largest absolute Gasteiger partial charge is 0.280 e. The van der Waals surface area contributed by atoms with Crippen molar-refractivity contribution >= 4 is 60.3 Å². The van der Waals surface area contributed by atoms with Crippen LogP contribution in [0.4, 0.5) is 11.4 Å². The lowest BCUT2D eigenvalue weighted by molar-refractivity contribution is -0.115. The minimum absolute atomic E-state index is 0.0182. The number of alkyl halides is 2. The fraction of sp³-hybridized carbons (Fsp3) is 0.167. The Morgan fingerprint density at radius 1 is 0.864 bits per heavy atom. The molecule has 0 fully saturated rings. The van der Waals surface area contributed by atoms with Crippen molar-refractivity contribution in [3.8, 4) is 0 Å². The summed E-state index contributed by atoms with van der Waals surface area (Å²) in [6, 6.07) is 16.2. The summed E-state index contributed by atoms with van der Waals surface area (Å²) in [7, 11) is 0. The first-order valence-corrected chi connectivity index (χ1v) is 9.26. The van der Waals surface area contributed by atoms with E-state index < -0.39 is 0 Å². The van der Waals surface area contributed by atoms with Gasteiger partial charge in [-0.3, -0.25) is 9.69 Å². The molecule has 0 aromatic heterocycles. The summed E-state index contributed by atoms with van der Waals surface area (Å²) in [5.74, 6) is 0.0182. The molecule has 0 atom stereocenters. The summed E-state index contributed by atoms with van der Waals surface area (Å²) in [6.45, 7) is 1.61. The summed E-state index contributed by atoms with van der Waals surface area (Å²) < 4.78 is 0. The summed E-state index contributed by atoms with van der Waals surface area (Å²) in [5.41, 5.74) is 6.49. The molecule has 0 saturated carbocycles. The lowest BCUT2D eigenvalue weighted by Gasteiger charge is -2.24. The Kier molecular flexibility index (Phi) is 4.50. The first kappa shape index (κ1) is 15.5. The number of amides is 1. The molecule has 112 valence electrons. The van der Waals surface area contributed by atoms with Gasteiger partial charge in [-0.2, -0.15) is 0 Å². The van der Waals surface area contributed by atoms with Gasteiger partial charge in [0.05, 0.1) is 11.4 Å². The van der Waals surface area contributed by atoms with E-state index in [0.29, 0.717) is 0 Å². The SMILES string of the molecule is CC(=O)N1c2ccccc2C(CBr)=C(CBr)c2ccccc21. The quantitative estimate of drug-likeness (QED) is 0.596. The average Bonchev–Trinajstić information content (AvgIpc) is 2.66. The van der Waals surface area contributed by atoms with Gasteiger partial charge in [-0.15, -0.1) is 0 Å². The van der Waals surface area contributed by atoms with Crippen LogP contribution in [0.5, 0.6) is 0 Å². The first-order valence-electron chi connectivity index (χ1n) is 7.02. The number of rotatable bonds is 2. The molecule has 0 N–H and O–H groups in total. The average molecular weight is 421 g/mol. The third kappa shape index (κ3) is 2.44. The van der Waals surface area contributed by atoms with Gasteiger partial charge in [0, 0.05) is 28.7 Å².